The van der Waals surface area contributed by atoms with Crippen molar-refractivity contribution >= 4 is 57.0 Å². The third-order valence-electron chi connectivity index (χ3n) is 3.45. The number of rotatable bonds is 3. The molecule has 27 heavy (non-hydrogen) atoms. The third-order valence-corrected chi connectivity index (χ3v) is 4.52. The molecule has 0 aromatic heterocycles. The fourth-order valence-corrected chi connectivity index (χ4v) is 3.24. The van der Waals surface area contributed by atoms with Gasteiger partial charge in [-0.15, -0.1) is 0 Å². The van der Waals surface area contributed by atoms with Crippen molar-refractivity contribution in [2.75, 3.05) is 4.90 Å². The first-order valence-corrected chi connectivity index (χ1v) is 7.83. The Morgan fingerprint density at radius 1 is 1.22 bits per heavy atom. The zero-order valence-corrected chi connectivity index (χ0v) is 15.2. The van der Waals surface area contributed by atoms with Crippen LogP contribution < -0.4 is 10.6 Å². The number of anilines is 1. The van der Waals surface area contributed by atoms with Crippen LogP contribution in [0.1, 0.15) is 12.5 Å². The maximum Gasteiger partial charge on any atom is 0.418 e. The predicted molar refractivity (Wildman–Crippen MR) is 92.1 cm³/mol. The molecule has 0 bridgehead atoms. The molecule has 1 aliphatic heterocycles. The molecule has 1 aromatic rings. The van der Waals surface area contributed by atoms with Crippen LogP contribution in [0, 0.1) is 20.2 Å². The van der Waals surface area contributed by atoms with Gasteiger partial charge in [0.05, 0.1) is 15.4 Å². The molecular weight excluding hydrogens is 442 g/mol. The van der Waals surface area contributed by atoms with Gasteiger partial charge in [-0.2, -0.15) is 13.2 Å². The second-order valence-electron chi connectivity index (χ2n) is 5.09. The quantitative estimate of drug-likeness (QED) is 0.416. The molecule has 1 heterocycles. The minimum Gasteiger partial charge on any atom is -0.394 e. The Morgan fingerprint density at radius 2 is 1.78 bits per heavy atom. The average Bonchev–Trinajstić information content (AvgIpc) is 2.50. The number of aliphatic imine (C=N–C) groups is 1. The number of hydrogen-bond acceptors (Lipinski definition) is 7. The molecule has 0 aliphatic carbocycles. The highest BCUT2D eigenvalue weighted by Crippen LogP contribution is 2.51. The number of alkyl halides is 3. The number of nitro groups is 2. The lowest BCUT2D eigenvalue weighted by atomic mass is 10.1. The van der Waals surface area contributed by atoms with Crippen LogP contribution in [0.15, 0.2) is 21.9 Å². The molecule has 1 aromatic carbocycles. The standard InChI is InChI=1S/C12H7Cl3F3N5O4/c1-3-20-10(14)7(19)11(15)21(3)8-5(22(24)25)2-4(12(16,17)18)6(13)9(8)23(26)27/h2-3H,19H2,1H3. The van der Waals surface area contributed by atoms with E-state index >= 15 is 0 Å². The van der Waals surface area contributed by atoms with E-state index in [0.717, 1.165) is 0 Å². The van der Waals surface area contributed by atoms with Gasteiger partial charge < -0.3 is 5.73 Å². The summed E-state index contributed by atoms with van der Waals surface area (Å²) >= 11 is 17.3. The molecule has 9 nitrogen and oxygen atoms in total. The summed E-state index contributed by atoms with van der Waals surface area (Å²) in [6.45, 7) is 1.29. The second-order valence-corrected chi connectivity index (χ2v) is 6.19. The summed E-state index contributed by atoms with van der Waals surface area (Å²) < 4.78 is 39.4. The molecule has 2 N–H and O–H groups in total. The maximum atomic E-state index is 13.1. The predicted octanol–water partition coefficient (Wildman–Crippen LogP) is 4.35. The van der Waals surface area contributed by atoms with Crippen LogP contribution in [0.5, 0.6) is 0 Å². The zero-order valence-electron chi connectivity index (χ0n) is 12.9. The summed E-state index contributed by atoms with van der Waals surface area (Å²) in [6.07, 6.45) is -6.35. The summed E-state index contributed by atoms with van der Waals surface area (Å²) in [7, 11) is 0. The van der Waals surface area contributed by atoms with Crippen LogP contribution in [0.3, 0.4) is 0 Å². The first kappa shape index (κ1) is 21.0. The first-order valence-electron chi connectivity index (χ1n) is 6.69. The van der Waals surface area contributed by atoms with Crippen molar-refractivity contribution in [2.45, 2.75) is 19.3 Å². The van der Waals surface area contributed by atoms with Crippen molar-refractivity contribution in [1.82, 2.24) is 0 Å². The number of nitrogens with two attached hydrogens (primary N) is 1. The van der Waals surface area contributed by atoms with Crippen LogP contribution in [0.4, 0.5) is 30.2 Å². The van der Waals surface area contributed by atoms with Gasteiger partial charge >= 0.3 is 17.6 Å². The number of nitrogens with zero attached hydrogens (tertiary/aromatic N) is 4. The molecule has 15 heteroatoms. The van der Waals surface area contributed by atoms with Crippen LogP contribution in [0.25, 0.3) is 0 Å². The van der Waals surface area contributed by atoms with E-state index in [0.29, 0.717) is 4.90 Å². The summed E-state index contributed by atoms with van der Waals surface area (Å²) in [5.74, 6) is 0. The van der Waals surface area contributed by atoms with E-state index in [1.54, 1.807) is 0 Å². The molecule has 0 radical (unpaired) electrons. The van der Waals surface area contributed by atoms with Gasteiger partial charge in [0.25, 0.3) is 0 Å². The summed E-state index contributed by atoms with van der Waals surface area (Å²) in [6, 6.07) is 0.0810. The van der Waals surface area contributed by atoms with Crippen molar-refractivity contribution < 1.29 is 23.0 Å². The van der Waals surface area contributed by atoms with E-state index < -0.39 is 55.0 Å². The van der Waals surface area contributed by atoms with Crippen molar-refractivity contribution in [3.63, 3.8) is 0 Å². The van der Waals surface area contributed by atoms with Gasteiger partial charge in [0, 0.05) is 6.07 Å². The van der Waals surface area contributed by atoms with E-state index in [-0.39, 0.29) is 16.9 Å². The van der Waals surface area contributed by atoms with Crippen molar-refractivity contribution in [3.8, 4) is 0 Å². The minimum absolute atomic E-state index is 0.0810. The van der Waals surface area contributed by atoms with E-state index in [4.69, 9.17) is 40.5 Å². The molecule has 1 atom stereocenters. The van der Waals surface area contributed by atoms with Crippen LogP contribution >= 0.6 is 34.8 Å². The topological polar surface area (TPSA) is 128 Å². The van der Waals surface area contributed by atoms with E-state index in [1.807, 2.05) is 0 Å². The van der Waals surface area contributed by atoms with E-state index in [2.05, 4.69) is 4.99 Å². The van der Waals surface area contributed by atoms with Gasteiger partial charge in [0.1, 0.15) is 22.0 Å². The fraction of sp³-hybridized carbons (Fsp3) is 0.250. The highest BCUT2D eigenvalue weighted by atomic mass is 35.5. The molecule has 146 valence electrons. The lowest BCUT2D eigenvalue weighted by Crippen LogP contribution is -2.37. The monoisotopic (exact) mass is 447 g/mol. The Hall–Kier alpha value is -2.31. The molecule has 0 amide bonds. The molecule has 2 rings (SSSR count). The van der Waals surface area contributed by atoms with Crippen molar-refractivity contribution in [2.24, 2.45) is 10.7 Å². The van der Waals surface area contributed by atoms with Gasteiger partial charge in [-0.3, -0.25) is 25.1 Å². The van der Waals surface area contributed by atoms with E-state index in [9.17, 15) is 33.4 Å². The Morgan fingerprint density at radius 3 is 2.22 bits per heavy atom. The summed E-state index contributed by atoms with van der Waals surface area (Å²) in [5, 5.41) is 20.7. The summed E-state index contributed by atoms with van der Waals surface area (Å²) in [5.41, 5.74) is -0.0686. The molecular formula is C12H7Cl3F3N5O4. The number of allylic oxidation sites excluding steroid dienone is 1. The lowest BCUT2D eigenvalue weighted by molar-refractivity contribution is -0.392. The SMILES string of the molecule is CC1N=C(Cl)C(N)=C(Cl)N1c1c([N+](=O)[O-])cc(C(F)(F)F)c(Cl)c1[N+](=O)[O-]. The molecule has 1 aliphatic rings. The lowest BCUT2D eigenvalue weighted by Gasteiger charge is -2.31. The van der Waals surface area contributed by atoms with Crippen LogP contribution in [-0.4, -0.2) is 21.2 Å². The normalized spacial score (nSPS) is 17.8. The van der Waals surface area contributed by atoms with Gasteiger partial charge in [-0.1, -0.05) is 34.8 Å². The van der Waals surface area contributed by atoms with Gasteiger partial charge in [0.15, 0.2) is 5.17 Å². The number of nitro benzene ring substituents is 2. The highest BCUT2D eigenvalue weighted by molar-refractivity contribution is 6.70. The zero-order chi connectivity index (χ0) is 20.8. The maximum absolute atomic E-state index is 13.1. The first-order chi connectivity index (χ1) is 12.3. The Labute approximate surface area is 163 Å². The largest absolute Gasteiger partial charge is 0.418 e. The molecule has 0 fully saturated rings. The van der Waals surface area contributed by atoms with Crippen LogP contribution in [0.2, 0.25) is 5.02 Å². The minimum atomic E-state index is -5.18. The Kier molecular flexibility index (Phi) is 5.46. The number of hydrogen-bond donors (Lipinski definition) is 1. The smallest absolute Gasteiger partial charge is 0.394 e. The van der Waals surface area contributed by atoms with Crippen molar-refractivity contribution in [1.29, 1.82) is 0 Å². The average molecular weight is 449 g/mol. The summed E-state index contributed by atoms with van der Waals surface area (Å²) in [4.78, 5) is 24.8. The van der Waals surface area contributed by atoms with E-state index in [1.165, 1.54) is 6.92 Å². The Balaban J connectivity index is 2.98. The second kappa shape index (κ2) is 7.02. The van der Waals surface area contributed by atoms with Crippen molar-refractivity contribution in [3.05, 3.63) is 47.7 Å². The third kappa shape index (κ3) is 3.59. The molecule has 0 saturated carbocycles. The van der Waals surface area contributed by atoms with Gasteiger partial charge in [-0.05, 0) is 6.92 Å². The number of halogens is 6. The van der Waals surface area contributed by atoms with Crippen LogP contribution in [-0.2, 0) is 6.18 Å². The molecule has 1 unspecified atom stereocenters. The molecule has 0 saturated heterocycles. The highest BCUT2D eigenvalue weighted by Gasteiger charge is 2.45. The fourth-order valence-electron chi connectivity index (χ4n) is 2.33. The van der Waals surface area contributed by atoms with Gasteiger partial charge in [0.2, 0.25) is 5.69 Å². The van der Waals surface area contributed by atoms with Gasteiger partial charge in [-0.25, -0.2) is 4.99 Å². The number of benzene rings is 1. The molecule has 0 spiro atoms. The Bertz CT molecular complexity index is 919.